The second kappa shape index (κ2) is 4.55. The van der Waals surface area contributed by atoms with Gasteiger partial charge in [-0.3, -0.25) is 9.78 Å². The first-order valence-corrected chi connectivity index (χ1v) is 7.87. The van der Waals surface area contributed by atoms with Gasteiger partial charge in [-0.1, -0.05) is 6.07 Å². The third-order valence-corrected chi connectivity index (χ3v) is 4.76. The number of anilines is 1. The molecule has 0 spiro atoms. The molecule has 6 nitrogen and oxygen atoms in total. The van der Waals surface area contributed by atoms with Gasteiger partial charge in [-0.2, -0.15) is 10.2 Å². The number of aromatic nitrogens is 5. The molecule has 3 N–H and O–H groups in total. The third-order valence-electron chi connectivity index (χ3n) is 4.76. The number of hydrogen-bond donors (Lipinski definition) is 2. The van der Waals surface area contributed by atoms with E-state index in [2.05, 4.69) is 32.0 Å². The van der Waals surface area contributed by atoms with Gasteiger partial charge in [-0.25, -0.2) is 4.98 Å². The van der Waals surface area contributed by atoms with E-state index in [1.54, 1.807) is 6.20 Å². The van der Waals surface area contributed by atoms with Crippen molar-refractivity contribution in [1.29, 1.82) is 0 Å². The van der Waals surface area contributed by atoms with E-state index in [4.69, 9.17) is 10.8 Å². The van der Waals surface area contributed by atoms with Crippen LogP contribution in [0.15, 0.2) is 36.7 Å². The molecule has 0 amide bonds. The van der Waals surface area contributed by atoms with Crippen LogP contribution in [-0.2, 0) is 0 Å². The minimum Gasteiger partial charge on any atom is -0.383 e. The van der Waals surface area contributed by atoms with Gasteiger partial charge in [0.2, 0.25) is 0 Å². The highest BCUT2D eigenvalue weighted by Gasteiger charge is 2.22. The van der Waals surface area contributed by atoms with Crippen molar-refractivity contribution in [3.63, 3.8) is 0 Å². The van der Waals surface area contributed by atoms with Crippen LogP contribution in [0.5, 0.6) is 0 Å². The highest BCUT2D eigenvalue weighted by Crippen LogP contribution is 2.35. The predicted octanol–water partition coefficient (Wildman–Crippen LogP) is 3.28. The number of nitrogens with zero attached hydrogens (tertiary/aromatic N) is 4. The third kappa shape index (κ3) is 1.84. The van der Waals surface area contributed by atoms with Crippen molar-refractivity contribution in [2.45, 2.75) is 25.3 Å². The summed E-state index contributed by atoms with van der Waals surface area (Å²) in [5.74, 6) is 0.542. The Morgan fingerprint density at radius 3 is 2.83 bits per heavy atom. The molecule has 6 heteroatoms. The molecule has 0 atom stereocenters. The van der Waals surface area contributed by atoms with Crippen molar-refractivity contribution in [2.24, 2.45) is 0 Å². The Hall–Kier alpha value is -2.89. The molecule has 1 aliphatic rings. The molecule has 0 aliphatic heterocycles. The number of aromatic amines is 1. The van der Waals surface area contributed by atoms with E-state index in [0.29, 0.717) is 11.9 Å². The van der Waals surface area contributed by atoms with Crippen LogP contribution in [0, 0.1) is 0 Å². The number of fused-ring (bicyclic) bond motifs is 3. The number of H-pyrrole nitrogens is 1. The van der Waals surface area contributed by atoms with Crippen LogP contribution in [0.2, 0.25) is 0 Å². The van der Waals surface area contributed by atoms with E-state index >= 15 is 0 Å². The lowest BCUT2D eigenvalue weighted by Crippen LogP contribution is -2.17. The maximum atomic E-state index is 6.18. The zero-order valence-corrected chi connectivity index (χ0v) is 12.5. The average molecular weight is 304 g/mol. The molecular weight excluding hydrogens is 288 g/mol. The summed E-state index contributed by atoms with van der Waals surface area (Å²) in [6.07, 6.45) is 7.46. The molecule has 114 valence electrons. The summed E-state index contributed by atoms with van der Waals surface area (Å²) in [4.78, 5) is 4.58. The number of hydrogen-bond acceptors (Lipinski definition) is 4. The second-order valence-corrected chi connectivity index (χ2v) is 6.16. The monoisotopic (exact) mass is 304 g/mol. The van der Waals surface area contributed by atoms with Crippen LogP contribution in [0.1, 0.15) is 25.3 Å². The summed E-state index contributed by atoms with van der Waals surface area (Å²) in [6, 6.07) is 8.62. The first-order chi connectivity index (χ1) is 11.3. The highest BCUT2D eigenvalue weighted by molar-refractivity contribution is 6.08. The van der Waals surface area contributed by atoms with Gasteiger partial charge in [-0.05, 0) is 37.5 Å². The number of benzene rings is 1. The van der Waals surface area contributed by atoms with Gasteiger partial charge in [0.25, 0.3) is 0 Å². The zero-order valence-electron chi connectivity index (χ0n) is 12.5. The van der Waals surface area contributed by atoms with Crippen LogP contribution >= 0.6 is 0 Å². The Kier molecular flexibility index (Phi) is 2.50. The molecule has 3 aromatic heterocycles. The van der Waals surface area contributed by atoms with Crippen molar-refractivity contribution >= 4 is 27.6 Å². The van der Waals surface area contributed by atoms with Crippen LogP contribution in [0.25, 0.3) is 33.1 Å². The summed E-state index contributed by atoms with van der Waals surface area (Å²) < 4.78 is 2.06. The molecule has 0 radical (unpaired) electrons. The van der Waals surface area contributed by atoms with E-state index in [1.807, 2.05) is 18.3 Å². The SMILES string of the molecule is Nc1nc2cc(-c3ccn[nH]3)ccc2c2nn(C3CCC3)cc12. The summed E-state index contributed by atoms with van der Waals surface area (Å²) in [5, 5.41) is 13.7. The van der Waals surface area contributed by atoms with E-state index in [1.165, 1.54) is 19.3 Å². The Bertz CT molecular complexity index is 1010. The van der Waals surface area contributed by atoms with E-state index in [9.17, 15) is 0 Å². The molecule has 1 aliphatic carbocycles. The van der Waals surface area contributed by atoms with Crippen LogP contribution < -0.4 is 5.73 Å². The topological polar surface area (TPSA) is 85.4 Å². The number of rotatable bonds is 2. The smallest absolute Gasteiger partial charge is 0.135 e. The van der Waals surface area contributed by atoms with E-state index in [-0.39, 0.29) is 0 Å². The summed E-state index contributed by atoms with van der Waals surface area (Å²) in [6.45, 7) is 0. The Morgan fingerprint density at radius 1 is 1.17 bits per heavy atom. The lowest BCUT2D eigenvalue weighted by molar-refractivity contribution is 0.291. The van der Waals surface area contributed by atoms with Gasteiger partial charge in [-0.15, -0.1) is 0 Å². The molecule has 1 fully saturated rings. The van der Waals surface area contributed by atoms with Crippen LogP contribution in [0.4, 0.5) is 5.82 Å². The molecule has 4 aromatic rings. The Labute approximate surface area is 132 Å². The molecule has 23 heavy (non-hydrogen) atoms. The number of pyridine rings is 1. The fourth-order valence-corrected chi connectivity index (χ4v) is 3.21. The maximum absolute atomic E-state index is 6.18. The van der Waals surface area contributed by atoms with Crippen molar-refractivity contribution in [1.82, 2.24) is 25.0 Å². The summed E-state index contributed by atoms with van der Waals surface area (Å²) >= 11 is 0. The van der Waals surface area contributed by atoms with Gasteiger partial charge >= 0.3 is 0 Å². The minimum atomic E-state index is 0.515. The first kappa shape index (κ1) is 12.6. The number of nitrogens with two attached hydrogens (primary N) is 1. The fourth-order valence-electron chi connectivity index (χ4n) is 3.21. The van der Waals surface area contributed by atoms with E-state index in [0.717, 1.165) is 33.1 Å². The maximum Gasteiger partial charge on any atom is 0.135 e. The van der Waals surface area contributed by atoms with Gasteiger partial charge in [0.15, 0.2) is 0 Å². The molecule has 5 rings (SSSR count). The summed E-state index contributed by atoms with van der Waals surface area (Å²) in [7, 11) is 0. The predicted molar refractivity (Wildman–Crippen MR) is 89.9 cm³/mol. The lowest BCUT2D eigenvalue weighted by Gasteiger charge is -2.25. The molecule has 1 aromatic carbocycles. The standard InChI is InChI=1S/C17H16N6/c18-17-13-9-23(11-2-1-3-11)22-16(13)12-5-4-10(8-15(12)20-17)14-6-7-19-21-14/h4-9,11H,1-3H2,(H2,18,20)(H,19,21). The van der Waals surface area contributed by atoms with Gasteiger partial charge in [0.1, 0.15) is 11.3 Å². The van der Waals surface area contributed by atoms with Crippen LogP contribution in [0.3, 0.4) is 0 Å². The molecule has 3 heterocycles. The molecular formula is C17H16N6. The quantitative estimate of drug-likeness (QED) is 0.595. The Morgan fingerprint density at radius 2 is 2.09 bits per heavy atom. The molecule has 0 unspecified atom stereocenters. The molecule has 0 saturated heterocycles. The van der Waals surface area contributed by atoms with E-state index < -0.39 is 0 Å². The number of nitrogens with one attached hydrogen (secondary N) is 1. The lowest BCUT2D eigenvalue weighted by atomic mass is 9.93. The van der Waals surface area contributed by atoms with Crippen molar-refractivity contribution in [2.75, 3.05) is 5.73 Å². The largest absolute Gasteiger partial charge is 0.383 e. The Balaban J connectivity index is 1.74. The first-order valence-electron chi connectivity index (χ1n) is 7.87. The molecule has 1 saturated carbocycles. The van der Waals surface area contributed by atoms with Gasteiger partial charge < -0.3 is 5.73 Å². The minimum absolute atomic E-state index is 0.515. The zero-order chi connectivity index (χ0) is 15.4. The van der Waals surface area contributed by atoms with Crippen molar-refractivity contribution in [3.8, 4) is 11.3 Å². The average Bonchev–Trinajstić information content (AvgIpc) is 3.14. The van der Waals surface area contributed by atoms with Gasteiger partial charge in [0, 0.05) is 23.3 Å². The summed E-state index contributed by atoms with van der Waals surface area (Å²) in [5.41, 5.74) is 9.99. The highest BCUT2D eigenvalue weighted by atomic mass is 15.3. The van der Waals surface area contributed by atoms with Gasteiger partial charge in [0.05, 0.1) is 22.6 Å². The van der Waals surface area contributed by atoms with Crippen molar-refractivity contribution in [3.05, 3.63) is 36.7 Å². The molecule has 0 bridgehead atoms. The normalized spacial score (nSPS) is 15.3. The van der Waals surface area contributed by atoms with Crippen molar-refractivity contribution < 1.29 is 0 Å². The second-order valence-electron chi connectivity index (χ2n) is 6.16. The number of nitrogen functional groups attached to an aromatic ring is 1. The fraction of sp³-hybridized carbons (Fsp3) is 0.235. The van der Waals surface area contributed by atoms with Crippen LogP contribution in [-0.4, -0.2) is 25.0 Å².